The van der Waals surface area contributed by atoms with Crippen LogP contribution in [0.1, 0.15) is 18.7 Å². The second kappa shape index (κ2) is 13.3. The van der Waals surface area contributed by atoms with Gasteiger partial charge in [-0.1, -0.05) is 6.07 Å². The molecule has 10 heteroatoms. The van der Waals surface area contributed by atoms with E-state index < -0.39 is 11.9 Å². The van der Waals surface area contributed by atoms with Gasteiger partial charge in [-0.25, -0.2) is 4.79 Å². The van der Waals surface area contributed by atoms with Gasteiger partial charge in [0.1, 0.15) is 0 Å². The molecule has 0 bridgehead atoms. The van der Waals surface area contributed by atoms with Crippen LogP contribution in [-0.2, 0) is 16.0 Å². The van der Waals surface area contributed by atoms with Gasteiger partial charge >= 0.3 is 6.03 Å². The van der Waals surface area contributed by atoms with Crippen molar-refractivity contribution in [3.63, 3.8) is 0 Å². The van der Waals surface area contributed by atoms with Crippen LogP contribution >= 0.6 is 11.3 Å². The van der Waals surface area contributed by atoms with Gasteiger partial charge in [0.05, 0.1) is 26.3 Å². The maximum absolute atomic E-state index is 12.3. The summed E-state index contributed by atoms with van der Waals surface area (Å²) in [6.07, 6.45) is 0.704. The van der Waals surface area contributed by atoms with E-state index in [1.807, 2.05) is 31.4 Å². The van der Waals surface area contributed by atoms with Gasteiger partial charge in [0, 0.05) is 23.2 Å². The Balaban J connectivity index is 1.74. The van der Waals surface area contributed by atoms with Gasteiger partial charge in [-0.3, -0.25) is 19.8 Å². The number of hydrogen-bond acceptors (Lipinski definition) is 7. The molecule has 0 spiro atoms. The van der Waals surface area contributed by atoms with Crippen molar-refractivity contribution in [3.8, 4) is 11.5 Å². The molecule has 4 amide bonds. The first-order valence-electron chi connectivity index (χ1n) is 10.4. The lowest BCUT2D eigenvalue weighted by Crippen LogP contribution is -2.45. The average molecular weight is 463 g/mol. The molecule has 1 heterocycles. The van der Waals surface area contributed by atoms with Crippen LogP contribution in [0.5, 0.6) is 11.5 Å². The van der Waals surface area contributed by atoms with Gasteiger partial charge in [-0.2, -0.15) is 0 Å². The number of carbonyl (C=O) groups is 3. The number of hydrogen-bond donors (Lipinski definition) is 3. The van der Waals surface area contributed by atoms with Crippen LogP contribution in [0.3, 0.4) is 0 Å². The summed E-state index contributed by atoms with van der Waals surface area (Å²) in [5.41, 5.74) is 0.560. The number of carbonyl (C=O) groups excluding carboxylic acids is 3. The van der Waals surface area contributed by atoms with E-state index in [4.69, 9.17) is 9.47 Å². The molecule has 0 fully saturated rings. The topological polar surface area (TPSA) is 109 Å². The van der Waals surface area contributed by atoms with E-state index >= 15 is 0 Å². The van der Waals surface area contributed by atoms with Crippen LogP contribution in [0.25, 0.3) is 0 Å². The van der Waals surface area contributed by atoms with Crippen molar-refractivity contribution < 1.29 is 23.9 Å². The molecular weight excluding hydrogens is 432 g/mol. The minimum absolute atomic E-state index is 0.0232. The van der Waals surface area contributed by atoms with E-state index in [9.17, 15) is 14.4 Å². The minimum Gasteiger partial charge on any atom is -0.490 e. The summed E-state index contributed by atoms with van der Waals surface area (Å²) in [5.74, 6) is 0.362. The van der Waals surface area contributed by atoms with Crippen molar-refractivity contribution in [1.29, 1.82) is 0 Å². The number of rotatable bonds is 12. The normalized spacial score (nSPS) is 10.5. The van der Waals surface area contributed by atoms with Crippen molar-refractivity contribution in [2.24, 2.45) is 0 Å². The van der Waals surface area contributed by atoms with Crippen LogP contribution < -0.4 is 25.4 Å². The number of ether oxygens (including phenoxy) is 2. The Morgan fingerprint density at radius 1 is 1.00 bits per heavy atom. The molecule has 32 heavy (non-hydrogen) atoms. The van der Waals surface area contributed by atoms with Crippen molar-refractivity contribution in [2.75, 3.05) is 45.2 Å². The number of nitrogens with zero attached hydrogens (tertiary/aromatic N) is 1. The lowest BCUT2D eigenvalue weighted by molar-refractivity contribution is -0.122. The predicted octanol–water partition coefficient (Wildman–Crippen LogP) is 2.48. The summed E-state index contributed by atoms with van der Waals surface area (Å²) in [6.45, 7) is 5.03. The molecule has 0 radical (unpaired) electrons. The lowest BCUT2D eigenvalue weighted by atomic mass is 10.2. The summed E-state index contributed by atoms with van der Waals surface area (Å²) in [6, 6.07) is 8.53. The van der Waals surface area contributed by atoms with Crippen LogP contribution in [0, 0.1) is 0 Å². The molecule has 0 saturated heterocycles. The van der Waals surface area contributed by atoms with E-state index in [0.29, 0.717) is 43.4 Å². The molecule has 2 rings (SSSR count). The number of benzene rings is 1. The third-order valence-electron chi connectivity index (χ3n) is 4.14. The Morgan fingerprint density at radius 3 is 2.41 bits per heavy atom. The molecule has 1 aromatic heterocycles. The number of amides is 4. The first-order valence-corrected chi connectivity index (χ1v) is 11.3. The fraction of sp³-hybridized carbons (Fsp3) is 0.409. The smallest absolute Gasteiger partial charge is 0.321 e. The van der Waals surface area contributed by atoms with Gasteiger partial charge in [-0.05, 0) is 50.9 Å². The Labute approximate surface area is 192 Å². The Kier molecular flexibility index (Phi) is 10.5. The SMILES string of the molecule is CCOc1ccc(NC(=O)CN(C)CC(=O)NC(=O)NCCc2cccs2)cc1OCC. The number of nitrogens with one attached hydrogen (secondary N) is 3. The number of imide groups is 1. The molecule has 0 aliphatic heterocycles. The molecule has 0 aliphatic carbocycles. The first kappa shape index (κ1) is 25.2. The van der Waals surface area contributed by atoms with Crippen molar-refractivity contribution in [2.45, 2.75) is 20.3 Å². The van der Waals surface area contributed by atoms with Crippen molar-refractivity contribution in [3.05, 3.63) is 40.6 Å². The van der Waals surface area contributed by atoms with Gasteiger partial charge in [-0.15, -0.1) is 11.3 Å². The molecular formula is C22H30N4O5S. The molecule has 2 aromatic rings. The monoisotopic (exact) mass is 462 g/mol. The average Bonchev–Trinajstić information content (AvgIpc) is 3.23. The number of thiophene rings is 1. The predicted molar refractivity (Wildman–Crippen MR) is 124 cm³/mol. The maximum Gasteiger partial charge on any atom is 0.321 e. The summed E-state index contributed by atoms with van der Waals surface area (Å²) in [7, 11) is 1.62. The van der Waals surface area contributed by atoms with E-state index in [0.717, 1.165) is 4.88 Å². The highest BCUT2D eigenvalue weighted by Gasteiger charge is 2.14. The highest BCUT2D eigenvalue weighted by molar-refractivity contribution is 7.09. The lowest BCUT2D eigenvalue weighted by Gasteiger charge is -2.17. The van der Waals surface area contributed by atoms with Gasteiger partial charge in [0.15, 0.2) is 11.5 Å². The second-order valence-electron chi connectivity index (χ2n) is 6.88. The molecule has 1 aromatic carbocycles. The number of likely N-dealkylation sites (N-methyl/N-ethyl adjacent to an activating group) is 1. The molecule has 3 N–H and O–H groups in total. The standard InChI is InChI=1S/C22H30N4O5S/c1-4-30-18-9-8-16(13-19(18)31-5-2)24-20(27)14-26(3)15-21(28)25-22(29)23-11-10-17-7-6-12-32-17/h6-9,12-13H,4-5,10-11,14-15H2,1-3H3,(H,24,27)(H2,23,25,28,29). The maximum atomic E-state index is 12.3. The quantitative estimate of drug-likeness (QED) is 0.447. The van der Waals surface area contributed by atoms with Gasteiger partial charge in [0.25, 0.3) is 0 Å². The summed E-state index contributed by atoms with van der Waals surface area (Å²) >= 11 is 1.61. The van der Waals surface area contributed by atoms with Crippen molar-refractivity contribution >= 4 is 34.9 Å². The van der Waals surface area contributed by atoms with E-state index in [1.54, 1.807) is 36.6 Å². The van der Waals surface area contributed by atoms with E-state index in [1.165, 1.54) is 4.90 Å². The Morgan fingerprint density at radius 2 is 1.72 bits per heavy atom. The fourth-order valence-corrected chi connectivity index (χ4v) is 3.55. The molecule has 9 nitrogen and oxygen atoms in total. The third kappa shape index (κ3) is 8.94. The highest BCUT2D eigenvalue weighted by atomic mass is 32.1. The Bertz CT molecular complexity index is 888. The number of anilines is 1. The number of urea groups is 1. The zero-order valence-corrected chi connectivity index (χ0v) is 19.4. The van der Waals surface area contributed by atoms with E-state index in [-0.39, 0.29) is 19.0 Å². The molecule has 0 saturated carbocycles. The van der Waals surface area contributed by atoms with Crippen LogP contribution in [0.15, 0.2) is 35.7 Å². The van der Waals surface area contributed by atoms with Crippen LogP contribution in [0.2, 0.25) is 0 Å². The summed E-state index contributed by atoms with van der Waals surface area (Å²) < 4.78 is 11.1. The third-order valence-corrected chi connectivity index (χ3v) is 5.08. The van der Waals surface area contributed by atoms with E-state index in [2.05, 4.69) is 16.0 Å². The molecule has 174 valence electrons. The zero-order valence-electron chi connectivity index (χ0n) is 18.6. The van der Waals surface area contributed by atoms with Crippen LogP contribution in [0.4, 0.5) is 10.5 Å². The highest BCUT2D eigenvalue weighted by Crippen LogP contribution is 2.30. The van der Waals surface area contributed by atoms with Gasteiger partial charge in [0.2, 0.25) is 11.8 Å². The van der Waals surface area contributed by atoms with Crippen molar-refractivity contribution in [1.82, 2.24) is 15.5 Å². The zero-order chi connectivity index (χ0) is 23.3. The fourth-order valence-electron chi connectivity index (χ4n) is 2.84. The minimum atomic E-state index is -0.553. The van der Waals surface area contributed by atoms with Crippen LogP contribution in [-0.4, -0.2) is 62.6 Å². The van der Waals surface area contributed by atoms with Gasteiger partial charge < -0.3 is 20.1 Å². The Hall–Kier alpha value is -3.11. The second-order valence-corrected chi connectivity index (χ2v) is 7.91. The summed E-state index contributed by atoms with van der Waals surface area (Å²) in [5, 5.41) is 9.65. The molecule has 0 atom stereocenters. The summed E-state index contributed by atoms with van der Waals surface area (Å²) in [4.78, 5) is 38.9. The molecule has 0 unspecified atom stereocenters. The molecule has 0 aliphatic rings. The first-order chi connectivity index (χ1) is 15.4. The largest absolute Gasteiger partial charge is 0.490 e.